The van der Waals surface area contributed by atoms with Crippen LogP contribution in [0.2, 0.25) is 0 Å². The van der Waals surface area contributed by atoms with Crippen LogP contribution in [0.1, 0.15) is 16.2 Å². The number of hydrogen-bond acceptors (Lipinski definition) is 5. The molecule has 0 atom stereocenters. The van der Waals surface area contributed by atoms with E-state index in [9.17, 15) is 13.2 Å². The molecule has 0 saturated heterocycles. The molecule has 2 rings (SSSR count). The molecule has 92 valence electrons. The van der Waals surface area contributed by atoms with Gasteiger partial charge in [0, 0.05) is 18.0 Å². The molecular formula is C11H8N2O4S. The lowest BCUT2D eigenvalue weighted by Gasteiger charge is -2.01. The lowest BCUT2D eigenvalue weighted by molar-refractivity contribution is 0.102. The van der Waals surface area contributed by atoms with Gasteiger partial charge in [0.25, 0.3) is 10.1 Å². The Balaban J connectivity index is 2.44. The maximum Gasteiger partial charge on any atom is 0.294 e. The molecule has 0 bridgehead atoms. The van der Waals surface area contributed by atoms with Gasteiger partial charge >= 0.3 is 0 Å². The minimum Gasteiger partial charge on any atom is -0.285 e. The molecule has 0 amide bonds. The number of carbonyl (C=O) groups is 1. The Hall–Kier alpha value is -2.12. The van der Waals surface area contributed by atoms with Gasteiger partial charge in [-0.3, -0.25) is 9.35 Å². The van der Waals surface area contributed by atoms with E-state index in [-0.39, 0.29) is 16.3 Å². The summed E-state index contributed by atoms with van der Waals surface area (Å²) in [6.07, 6.45) is 2.82. The Morgan fingerprint density at radius 3 is 2.39 bits per heavy atom. The predicted molar refractivity (Wildman–Crippen MR) is 61.7 cm³/mol. The van der Waals surface area contributed by atoms with Gasteiger partial charge in [0.15, 0.2) is 0 Å². The highest BCUT2D eigenvalue weighted by atomic mass is 32.2. The van der Waals surface area contributed by atoms with E-state index in [1.165, 1.54) is 30.6 Å². The number of ketones is 1. The molecule has 1 aromatic carbocycles. The average molecular weight is 264 g/mol. The molecule has 0 aliphatic carbocycles. The molecule has 0 fully saturated rings. The summed E-state index contributed by atoms with van der Waals surface area (Å²) in [6.45, 7) is 0. The summed E-state index contributed by atoms with van der Waals surface area (Å²) in [5.74, 6) is -0.550. The molecule has 1 N–H and O–H groups in total. The van der Waals surface area contributed by atoms with Gasteiger partial charge in [0.2, 0.25) is 11.6 Å². The van der Waals surface area contributed by atoms with Crippen molar-refractivity contribution >= 4 is 15.9 Å². The molecule has 0 aliphatic heterocycles. The third-order valence-electron chi connectivity index (χ3n) is 2.16. The molecule has 6 nitrogen and oxygen atoms in total. The van der Waals surface area contributed by atoms with E-state index in [4.69, 9.17) is 4.55 Å². The topological polar surface area (TPSA) is 97.2 Å². The first-order valence-electron chi connectivity index (χ1n) is 4.88. The van der Waals surface area contributed by atoms with Crippen molar-refractivity contribution in [3.05, 3.63) is 54.1 Å². The first kappa shape index (κ1) is 12.3. The van der Waals surface area contributed by atoms with Crippen LogP contribution in [0, 0.1) is 0 Å². The molecule has 1 heterocycles. The molecule has 2 aromatic rings. The van der Waals surface area contributed by atoms with Crippen LogP contribution in [0.15, 0.2) is 47.6 Å². The van der Waals surface area contributed by atoms with Gasteiger partial charge in [-0.25, -0.2) is 9.97 Å². The molecule has 0 spiro atoms. The number of carbonyl (C=O) groups excluding carboxylic acids is 1. The van der Waals surface area contributed by atoms with E-state index in [0.717, 1.165) is 6.07 Å². The number of benzene rings is 1. The van der Waals surface area contributed by atoms with Crippen molar-refractivity contribution in [2.45, 2.75) is 4.90 Å². The van der Waals surface area contributed by atoms with Crippen molar-refractivity contribution in [2.24, 2.45) is 0 Å². The van der Waals surface area contributed by atoms with E-state index in [2.05, 4.69) is 9.97 Å². The molecule has 0 radical (unpaired) electrons. The summed E-state index contributed by atoms with van der Waals surface area (Å²) >= 11 is 0. The minimum atomic E-state index is -4.33. The maximum absolute atomic E-state index is 11.9. The van der Waals surface area contributed by atoms with E-state index >= 15 is 0 Å². The molecule has 1 aromatic heterocycles. The number of rotatable bonds is 3. The second kappa shape index (κ2) is 4.63. The third-order valence-corrected chi connectivity index (χ3v) is 3.01. The smallest absolute Gasteiger partial charge is 0.285 e. The second-order valence-corrected chi connectivity index (χ2v) is 4.83. The van der Waals surface area contributed by atoms with Gasteiger partial charge in [-0.1, -0.05) is 12.1 Å². The van der Waals surface area contributed by atoms with E-state index in [1.54, 1.807) is 6.07 Å². The normalized spacial score (nSPS) is 11.2. The summed E-state index contributed by atoms with van der Waals surface area (Å²) in [5, 5.41) is 0. The van der Waals surface area contributed by atoms with Gasteiger partial charge in [-0.05, 0) is 18.2 Å². The summed E-state index contributed by atoms with van der Waals surface area (Å²) in [6, 6.07) is 6.62. The summed E-state index contributed by atoms with van der Waals surface area (Å²) in [4.78, 5) is 19.1. The summed E-state index contributed by atoms with van der Waals surface area (Å²) in [7, 11) is -4.33. The van der Waals surface area contributed by atoms with Crippen molar-refractivity contribution in [2.75, 3.05) is 0 Å². The molecule has 18 heavy (non-hydrogen) atoms. The van der Waals surface area contributed by atoms with Crippen molar-refractivity contribution in [1.29, 1.82) is 0 Å². The fraction of sp³-hybridized carbons (Fsp3) is 0. The van der Waals surface area contributed by atoms with E-state index in [1.807, 2.05) is 0 Å². The van der Waals surface area contributed by atoms with Crippen LogP contribution in [0.5, 0.6) is 0 Å². The van der Waals surface area contributed by atoms with E-state index in [0.29, 0.717) is 0 Å². The van der Waals surface area contributed by atoms with Crippen molar-refractivity contribution in [1.82, 2.24) is 9.97 Å². The van der Waals surface area contributed by atoms with Gasteiger partial charge < -0.3 is 0 Å². The molecular weight excluding hydrogens is 256 g/mol. The van der Waals surface area contributed by atoms with Crippen LogP contribution in [0.25, 0.3) is 0 Å². The van der Waals surface area contributed by atoms with Crippen molar-refractivity contribution in [3.63, 3.8) is 0 Å². The lowest BCUT2D eigenvalue weighted by Crippen LogP contribution is -2.07. The fourth-order valence-electron chi connectivity index (χ4n) is 1.34. The molecule has 7 heteroatoms. The summed E-state index contributed by atoms with van der Waals surface area (Å²) < 4.78 is 30.8. The standard InChI is InChI=1S/C11H8N2O4S/c14-10(11-12-5-2-6-13-11)8-3-1-4-9(7-8)18(15,16)17/h1-7H,(H,15,16,17). The van der Waals surface area contributed by atoms with Crippen LogP contribution in [-0.2, 0) is 10.1 Å². The Labute approximate surface area is 103 Å². The zero-order valence-electron chi connectivity index (χ0n) is 9.02. The Bertz CT molecular complexity index is 683. The van der Waals surface area contributed by atoms with Gasteiger partial charge in [-0.15, -0.1) is 0 Å². The lowest BCUT2D eigenvalue weighted by atomic mass is 10.1. The molecule has 0 unspecified atom stereocenters. The predicted octanol–water partition coefficient (Wildman–Crippen LogP) is 0.954. The van der Waals surface area contributed by atoms with E-state index < -0.39 is 15.9 Å². The highest BCUT2D eigenvalue weighted by Crippen LogP contribution is 2.13. The van der Waals surface area contributed by atoms with Crippen LogP contribution in [-0.4, -0.2) is 28.7 Å². The zero-order valence-corrected chi connectivity index (χ0v) is 9.83. The first-order chi connectivity index (χ1) is 8.48. The Kier molecular flexibility index (Phi) is 3.17. The van der Waals surface area contributed by atoms with Crippen molar-refractivity contribution < 1.29 is 17.8 Å². The third kappa shape index (κ3) is 2.58. The van der Waals surface area contributed by atoms with Crippen LogP contribution in [0.3, 0.4) is 0 Å². The Morgan fingerprint density at radius 2 is 1.78 bits per heavy atom. The fourth-order valence-corrected chi connectivity index (χ4v) is 1.87. The largest absolute Gasteiger partial charge is 0.294 e. The zero-order chi connectivity index (χ0) is 13.2. The first-order valence-corrected chi connectivity index (χ1v) is 6.32. The summed E-state index contributed by atoms with van der Waals surface area (Å²) in [5.41, 5.74) is 0.0938. The highest BCUT2D eigenvalue weighted by molar-refractivity contribution is 7.85. The van der Waals surface area contributed by atoms with Crippen LogP contribution < -0.4 is 0 Å². The number of aromatic nitrogens is 2. The molecule has 0 aliphatic rings. The SMILES string of the molecule is O=C(c1cccc(S(=O)(=O)O)c1)c1ncccn1. The van der Waals surface area contributed by atoms with Gasteiger partial charge in [-0.2, -0.15) is 8.42 Å². The average Bonchev–Trinajstić information content (AvgIpc) is 2.38. The van der Waals surface area contributed by atoms with Crippen LogP contribution in [0.4, 0.5) is 0 Å². The van der Waals surface area contributed by atoms with Gasteiger partial charge in [0.05, 0.1) is 4.90 Å². The van der Waals surface area contributed by atoms with Crippen molar-refractivity contribution in [3.8, 4) is 0 Å². The van der Waals surface area contributed by atoms with Crippen LogP contribution >= 0.6 is 0 Å². The minimum absolute atomic E-state index is 0.0370. The quantitative estimate of drug-likeness (QED) is 0.655. The molecule has 0 saturated carbocycles. The van der Waals surface area contributed by atoms with Gasteiger partial charge in [0.1, 0.15) is 0 Å². The number of hydrogen-bond donors (Lipinski definition) is 1. The maximum atomic E-state index is 11.9. The second-order valence-electron chi connectivity index (χ2n) is 3.40. The number of nitrogens with zero attached hydrogens (tertiary/aromatic N) is 2. The highest BCUT2D eigenvalue weighted by Gasteiger charge is 2.15. The Morgan fingerprint density at radius 1 is 1.11 bits per heavy atom. The monoisotopic (exact) mass is 264 g/mol.